The van der Waals surface area contributed by atoms with Crippen LogP contribution in [-0.4, -0.2) is 15.7 Å². The van der Waals surface area contributed by atoms with Crippen LogP contribution in [0.25, 0.3) is 10.2 Å². The molecule has 5 heteroatoms. The molecule has 0 radical (unpaired) electrons. The van der Waals surface area contributed by atoms with Crippen LogP contribution in [-0.2, 0) is 19.3 Å². The molecule has 1 unspecified atom stereocenters. The molecule has 1 aliphatic carbocycles. The number of rotatable bonds is 4. The van der Waals surface area contributed by atoms with Crippen molar-refractivity contribution in [1.29, 1.82) is 0 Å². The lowest BCUT2D eigenvalue weighted by Crippen LogP contribution is -2.13. The number of benzene rings is 1. The molecule has 1 aliphatic rings. The molecule has 3 aromatic rings. The first-order valence-electron chi connectivity index (χ1n) is 8.42. The van der Waals surface area contributed by atoms with Crippen LogP contribution in [0.1, 0.15) is 29.3 Å². The van der Waals surface area contributed by atoms with Crippen LogP contribution in [0.5, 0.6) is 0 Å². The zero-order chi connectivity index (χ0) is 16.5. The van der Waals surface area contributed by atoms with Gasteiger partial charge in [-0.15, -0.1) is 11.3 Å². The Morgan fingerprint density at radius 3 is 3.00 bits per heavy atom. The van der Waals surface area contributed by atoms with Crippen LogP contribution in [0.3, 0.4) is 0 Å². The lowest BCUT2D eigenvalue weighted by atomic mass is 9.89. The van der Waals surface area contributed by atoms with E-state index in [1.54, 1.807) is 23.1 Å². The van der Waals surface area contributed by atoms with Gasteiger partial charge in [0.05, 0.1) is 5.39 Å². The first-order valence-corrected chi connectivity index (χ1v) is 10.2. The Hall–Kier alpha value is -1.59. The molecule has 0 spiro atoms. The van der Waals surface area contributed by atoms with E-state index in [2.05, 4.69) is 36.2 Å². The molecule has 0 fully saturated rings. The molecule has 0 saturated carbocycles. The second kappa shape index (κ2) is 6.73. The summed E-state index contributed by atoms with van der Waals surface area (Å²) < 4.78 is 0. The lowest BCUT2D eigenvalue weighted by Gasteiger charge is -2.17. The molecule has 2 heterocycles. The molecule has 1 N–H and O–H groups in total. The van der Waals surface area contributed by atoms with E-state index in [4.69, 9.17) is 4.98 Å². The molecule has 124 valence electrons. The van der Waals surface area contributed by atoms with Gasteiger partial charge in [-0.3, -0.25) is 4.79 Å². The number of H-pyrrole nitrogens is 1. The van der Waals surface area contributed by atoms with E-state index in [0.29, 0.717) is 5.92 Å². The van der Waals surface area contributed by atoms with Crippen molar-refractivity contribution in [2.75, 3.05) is 5.75 Å². The zero-order valence-electron chi connectivity index (χ0n) is 13.7. The number of nitrogens with one attached hydrogen (secondary N) is 1. The number of fused-ring (bicyclic) bond motifs is 3. The maximum Gasteiger partial charge on any atom is 0.260 e. The fraction of sp³-hybridized carbons (Fsp3) is 0.368. The largest absolute Gasteiger partial charge is 0.301 e. The van der Waals surface area contributed by atoms with E-state index in [0.717, 1.165) is 40.4 Å². The van der Waals surface area contributed by atoms with Crippen LogP contribution < -0.4 is 5.56 Å². The monoisotopic (exact) mass is 356 g/mol. The summed E-state index contributed by atoms with van der Waals surface area (Å²) in [7, 11) is 0. The Balaban J connectivity index is 1.56. The minimum Gasteiger partial charge on any atom is -0.301 e. The van der Waals surface area contributed by atoms with Gasteiger partial charge in [0.25, 0.3) is 5.56 Å². The molecule has 0 aliphatic heterocycles. The minimum absolute atomic E-state index is 0.0364. The van der Waals surface area contributed by atoms with Gasteiger partial charge in [0.15, 0.2) is 5.16 Å². The number of hydrogen-bond acceptors (Lipinski definition) is 4. The zero-order valence-corrected chi connectivity index (χ0v) is 15.3. The molecule has 0 amide bonds. The van der Waals surface area contributed by atoms with Gasteiger partial charge in [-0.25, -0.2) is 4.98 Å². The Morgan fingerprint density at radius 2 is 2.17 bits per heavy atom. The standard InChI is InChI=1S/C19H20N2OS2/c1-12-7-8-14-15(11-12)24-18-16(14)17(22)20-19(21-18)23-10-9-13-5-3-2-4-6-13/h2-6,12H,7-11H2,1H3,(H,20,21,22). The van der Waals surface area contributed by atoms with Crippen molar-refractivity contribution in [2.45, 2.75) is 37.8 Å². The quantitative estimate of drug-likeness (QED) is 0.555. The maximum absolute atomic E-state index is 12.5. The highest BCUT2D eigenvalue weighted by atomic mass is 32.2. The number of nitrogens with zero attached hydrogens (tertiary/aromatic N) is 1. The summed E-state index contributed by atoms with van der Waals surface area (Å²) >= 11 is 3.35. The van der Waals surface area contributed by atoms with Crippen molar-refractivity contribution in [3.8, 4) is 0 Å². The number of thiophene rings is 1. The fourth-order valence-electron chi connectivity index (χ4n) is 3.31. The average molecular weight is 357 g/mol. The van der Waals surface area contributed by atoms with E-state index < -0.39 is 0 Å². The molecule has 24 heavy (non-hydrogen) atoms. The molecule has 0 saturated heterocycles. The van der Waals surface area contributed by atoms with Crippen LogP contribution >= 0.6 is 23.1 Å². The summed E-state index contributed by atoms with van der Waals surface area (Å²) in [5.41, 5.74) is 2.60. The average Bonchev–Trinajstić information content (AvgIpc) is 2.93. The summed E-state index contributed by atoms with van der Waals surface area (Å²) in [6, 6.07) is 10.4. The Labute approximate surface area is 149 Å². The van der Waals surface area contributed by atoms with Gasteiger partial charge < -0.3 is 4.98 Å². The van der Waals surface area contributed by atoms with Gasteiger partial charge in [0.1, 0.15) is 4.83 Å². The number of aryl methyl sites for hydroxylation is 2. The van der Waals surface area contributed by atoms with Gasteiger partial charge >= 0.3 is 0 Å². The van der Waals surface area contributed by atoms with Crippen LogP contribution in [0.2, 0.25) is 0 Å². The SMILES string of the molecule is CC1CCc2c(sc3nc(SCCc4ccccc4)[nH]c(=O)c23)C1. The third-order valence-corrected chi connectivity index (χ3v) is 6.64. The minimum atomic E-state index is 0.0364. The molecule has 0 bridgehead atoms. The molecule has 1 atom stereocenters. The van der Waals surface area contributed by atoms with Crippen molar-refractivity contribution in [3.63, 3.8) is 0 Å². The number of aromatic nitrogens is 2. The summed E-state index contributed by atoms with van der Waals surface area (Å²) in [5, 5.41) is 1.59. The molecule has 3 nitrogen and oxygen atoms in total. The Bertz CT molecular complexity index is 914. The van der Waals surface area contributed by atoms with Crippen molar-refractivity contribution in [2.24, 2.45) is 5.92 Å². The topological polar surface area (TPSA) is 45.8 Å². The maximum atomic E-state index is 12.5. The van der Waals surface area contributed by atoms with Gasteiger partial charge in [-0.1, -0.05) is 49.0 Å². The van der Waals surface area contributed by atoms with E-state index in [1.165, 1.54) is 22.4 Å². The predicted molar refractivity (Wildman–Crippen MR) is 102 cm³/mol. The molecular weight excluding hydrogens is 336 g/mol. The highest BCUT2D eigenvalue weighted by Crippen LogP contribution is 2.36. The van der Waals surface area contributed by atoms with Crippen molar-refractivity contribution < 1.29 is 0 Å². The van der Waals surface area contributed by atoms with Crippen molar-refractivity contribution >= 4 is 33.3 Å². The summed E-state index contributed by atoms with van der Waals surface area (Å²) in [6.07, 6.45) is 4.26. The lowest BCUT2D eigenvalue weighted by molar-refractivity contribution is 0.509. The molecular formula is C19H20N2OS2. The van der Waals surface area contributed by atoms with E-state index in [-0.39, 0.29) is 5.56 Å². The van der Waals surface area contributed by atoms with E-state index >= 15 is 0 Å². The first kappa shape index (κ1) is 15.9. The van der Waals surface area contributed by atoms with Crippen molar-refractivity contribution in [1.82, 2.24) is 9.97 Å². The van der Waals surface area contributed by atoms with E-state index in [9.17, 15) is 4.79 Å². The number of hydrogen-bond donors (Lipinski definition) is 1. The van der Waals surface area contributed by atoms with Gasteiger partial charge in [0.2, 0.25) is 0 Å². The normalized spacial score (nSPS) is 17.1. The highest BCUT2D eigenvalue weighted by molar-refractivity contribution is 7.99. The van der Waals surface area contributed by atoms with Crippen LogP contribution in [0.15, 0.2) is 40.3 Å². The third-order valence-electron chi connectivity index (χ3n) is 4.62. The van der Waals surface area contributed by atoms with E-state index in [1.807, 2.05) is 6.07 Å². The van der Waals surface area contributed by atoms with Crippen LogP contribution in [0.4, 0.5) is 0 Å². The van der Waals surface area contributed by atoms with Gasteiger partial charge in [-0.2, -0.15) is 0 Å². The number of thioether (sulfide) groups is 1. The van der Waals surface area contributed by atoms with Crippen LogP contribution in [0, 0.1) is 5.92 Å². The predicted octanol–water partition coefficient (Wildman–Crippen LogP) is 4.44. The smallest absolute Gasteiger partial charge is 0.260 e. The first-order chi connectivity index (χ1) is 11.7. The Kier molecular flexibility index (Phi) is 4.46. The molecule has 2 aromatic heterocycles. The molecule has 1 aromatic carbocycles. The Morgan fingerprint density at radius 1 is 1.33 bits per heavy atom. The molecule has 4 rings (SSSR count). The van der Waals surface area contributed by atoms with Crippen molar-refractivity contribution in [3.05, 3.63) is 56.7 Å². The highest BCUT2D eigenvalue weighted by Gasteiger charge is 2.22. The third kappa shape index (κ3) is 3.15. The summed E-state index contributed by atoms with van der Waals surface area (Å²) in [5.74, 6) is 1.63. The summed E-state index contributed by atoms with van der Waals surface area (Å²) in [4.78, 5) is 22.5. The second-order valence-electron chi connectivity index (χ2n) is 6.49. The van der Waals surface area contributed by atoms with Gasteiger partial charge in [0, 0.05) is 10.6 Å². The van der Waals surface area contributed by atoms with Gasteiger partial charge in [-0.05, 0) is 42.7 Å². The second-order valence-corrected chi connectivity index (χ2v) is 8.65. The summed E-state index contributed by atoms with van der Waals surface area (Å²) in [6.45, 7) is 2.29. The fourth-order valence-corrected chi connectivity index (χ4v) is 5.60. The number of aromatic amines is 1.